The number of hydrogen-bond donors (Lipinski definition) is 1. The van der Waals surface area contributed by atoms with Gasteiger partial charge >= 0.3 is 6.18 Å². The Kier molecular flexibility index (Phi) is 5.09. The summed E-state index contributed by atoms with van der Waals surface area (Å²) in [5.74, 6) is 0. The number of nitrogens with two attached hydrogens (primary N) is 1. The maximum atomic E-state index is 12.3. The average molecular weight is 305 g/mol. The molecule has 1 rings (SSSR count). The van der Waals surface area contributed by atoms with Crippen LogP contribution in [0.15, 0.2) is 22.7 Å². The van der Waals surface area contributed by atoms with Gasteiger partial charge in [0.25, 0.3) is 0 Å². The molecule has 1 atom stereocenters. The fraction of sp³-hybridized carbons (Fsp3) is 0.333. The lowest BCUT2D eigenvalue weighted by atomic mass is 10.1. The number of halogens is 5. The lowest BCUT2D eigenvalue weighted by Gasteiger charge is -2.11. The molecule has 6 heteroatoms. The minimum atomic E-state index is -4.33. The summed E-state index contributed by atoms with van der Waals surface area (Å²) >= 11 is 3.02. The SMILES string of the molecule is CC(N)c1cc(Br)cc(C(F)(F)F)c1.Cl. The molecule has 0 saturated heterocycles. The fourth-order valence-corrected chi connectivity index (χ4v) is 1.55. The Morgan fingerprint density at radius 2 is 1.80 bits per heavy atom. The molecule has 2 N–H and O–H groups in total. The van der Waals surface area contributed by atoms with E-state index in [1.54, 1.807) is 13.0 Å². The number of alkyl halides is 3. The van der Waals surface area contributed by atoms with Gasteiger partial charge in [0.15, 0.2) is 0 Å². The van der Waals surface area contributed by atoms with Gasteiger partial charge in [-0.3, -0.25) is 0 Å². The summed E-state index contributed by atoms with van der Waals surface area (Å²) in [6, 6.07) is 3.27. The molecule has 0 aliphatic rings. The second-order valence-corrected chi connectivity index (χ2v) is 3.98. The summed E-state index contributed by atoms with van der Waals surface area (Å²) in [7, 11) is 0. The van der Waals surface area contributed by atoms with Crippen molar-refractivity contribution in [3.8, 4) is 0 Å². The molecule has 0 aliphatic carbocycles. The Balaban J connectivity index is 0.00000196. The smallest absolute Gasteiger partial charge is 0.324 e. The first-order chi connectivity index (χ1) is 6.30. The largest absolute Gasteiger partial charge is 0.416 e. The van der Waals surface area contributed by atoms with Gasteiger partial charge in [-0.15, -0.1) is 12.4 Å². The summed E-state index contributed by atoms with van der Waals surface area (Å²) in [5.41, 5.74) is 5.29. The second-order valence-electron chi connectivity index (χ2n) is 3.06. The first-order valence-electron chi connectivity index (χ1n) is 3.94. The van der Waals surface area contributed by atoms with Crippen LogP contribution in [0.3, 0.4) is 0 Å². The Morgan fingerprint density at radius 1 is 1.27 bits per heavy atom. The zero-order valence-electron chi connectivity index (χ0n) is 7.81. The summed E-state index contributed by atoms with van der Waals surface area (Å²) in [6.07, 6.45) is -4.33. The van der Waals surface area contributed by atoms with Crippen LogP contribution in [-0.4, -0.2) is 0 Å². The normalized spacial score (nSPS) is 13.2. The van der Waals surface area contributed by atoms with Gasteiger partial charge in [0.2, 0.25) is 0 Å². The minimum Gasteiger partial charge on any atom is -0.324 e. The van der Waals surface area contributed by atoms with E-state index in [-0.39, 0.29) is 12.4 Å². The van der Waals surface area contributed by atoms with Gasteiger partial charge in [-0.25, -0.2) is 0 Å². The summed E-state index contributed by atoms with van der Waals surface area (Å²) in [4.78, 5) is 0. The van der Waals surface area contributed by atoms with Crippen molar-refractivity contribution in [2.45, 2.75) is 19.1 Å². The van der Waals surface area contributed by atoms with Crippen molar-refractivity contribution >= 4 is 28.3 Å². The van der Waals surface area contributed by atoms with E-state index in [1.807, 2.05) is 0 Å². The molecule has 0 aliphatic heterocycles. The second kappa shape index (κ2) is 5.18. The van der Waals surface area contributed by atoms with Crippen LogP contribution < -0.4 is 5.73 Å². The highest BCUT2D eigenvalue weighted by atomic mass is 79.9. The molecule has 0 amide bonds. The Bertz CT molecular complexity index is 339. The van der Waals surface area contributed by atoms with E-state index < -0.39 is 17.8 Å². The van der Waals surface area contributed by atoms with Crippen LogP contribution in [0.2, 0.25) is 0 Å². The van der Waals surface area contributed by atoms with Gasteiger partial charge in [-0.2, -0.15) is 13.2 Å². The van der Waals surface area contributed by atoms with E-state index in [2.05, 4.69) is 15.9 Å². The van der Waals surface area contributed by atoms with Crippen molar-refractivity contribution in [3.63, 3.8) is 0 Å². The van der Waals surface area contributed by atoms with Crippen molar-refractivity contribution in [2.24, 2.45) is 5.73 Å². The molecular formula is C9H10BrClF3N. The van der Waals surface area contributed by atoms with Gasteiger partial charge in [0.05, 0.1) is 5.56 Å². The monoisotopic (exact) mass is 303 g/mol. The predicted molar refractivity (Wildman–Crippen MR) is 59.0 cm³/mol. The lowest BCUT2D eigenvalue weighted by molar-refractivity contribution is -0.137. The highest BCUT2D eigenvalue weighted by Gasteiger charge is 2.31. The first kappa shape index (κ1) is 14.7. The Morgan fingerprint density at radius 3 is 2.20 bits per heavy atom. The van der Waals surface area contributed by atoms with Crippen molar-refractivity contribution in [1.82, 2.24) is 0 Å². The molecule has 0 heterocycles. The third-order valence-corrected chi connectivity index (χ3v) is 2.23. The molecule has 0 saturated carbocycles. The van der Waals surface area contributed by atoms with Gasteiger partial charge < -0.3 is 5.73 Å². The standard InChI is InChI=1S/C9H9BrF3N.ClH/c1-5(14)6-2-7(9(11,12)13)4-8(10)3-6;/h2-5H,14H2,1H3;1H. The van der Waals surface area contributed by atoms with Crippen molar-refractivity contribution in [3.05, 3.63) is 33.8 Å². The molecule has 1 unspecified atom stereocenters. The topological polar surface area (TPSA) is 26.0 Å². The number of benzene rings is 1. The molecule has 0 spiro atoms. The van der Waals surface area contributed by atoms with Crippen LogP contribution in [0.5, 0.6) is 0 Å². The van der Waals surface area contributed by atoms with Crippen molar-refractivity contribution < 1.29 is 13.2 Å². The van der Waals surface area contributed by atoms with Crippen LogP contribution in [0.25, 0.3) is 0 Å². The van der Waals surface area contributed by atoms with E-state index in [9.17, 15) is 13.2 Å². The van der Waals surface area contributed by atoms with E-state index in [0.29, 0.717) is 10.0 Å². The van der Waals surface area contributed by atoms with Crippen molar-refractivity contribution in [2.75, 3.05) is 0 Å². The highest BCUT2D eigenvalue weighted by Crippen LogP contribution is 2.32. The molecule has 1 aromatic carbocycles. The Labute approximate surface area is 100 Å². The fourth-order valence-electron chi connectivity index (χ4n) is 1.04. The third-order valence-electron chi connectivity index (χ3n) is 1.77. The van der Waals surface area contributed by atoms with Gasteiger partial charge in [-0.05, 0) is 30.7 Å². The molecule has 0 aromatic heterocycles. The quantitative estimate of drug-likeness (QED) is 0.836. The predicted octanol–water partition coefficient (Wildman–Crippen LogP) is 3.91. The zero-order chi connectivity index (χ0) is 10.9. The summed E-state index contributed by atoms with van der Waals surface area (Å²) in [5, 5.41) is 0. The third kappa shape index (κ3) is 4.01. The van der Waals surface area contributed by atoms with Crippen LogP contribution in [0.1, 0.15) is 24.1 Å². The molecule has 0 fully saturated rings. The van der Waals surface area contributed by atoms with Crippen LogP contribution in [-0.2, 0) is 6.18 Å². The molecular weight excluding hydrogens is 294 g/mol. The minimum absolute atomic E-state index is 0. The van der Waals surface area contributed by atoms with Crippen LogP contribution >= 0.6 is 28.3 Å². The molecule has 0 bridgehead atoms. The number of rotatable bonds is 1. The van der Waals surface area contributed by atoms with E-state index in [1.165, 1.54) is 0 Å². The Hall–Kier alpha value is -0.260. The molecule has 15 heavy (non-hydrogen) atoms. The highest BCUT2D eigenvalue weighted by molar-refractivity contribution is 9.10. The van der Waals surface area contributed by atoms with Gasteiger partial charge in [-0.1, -0.05) is 15.9 Å². The first-order valence-corrected chi connectivity index (χ1v) is 4.73. The number of hydrogen-bond acceptors (Lipinski definition) is 1. The van der Waals surface area contributed by atoms with Gasteiger partial charge in [0, 0.05) is 10.5 Å². The van der Waals surface area contributed by atoms with E-state index in [0.717, 1.165) is 12.1 Å². The molecule has 86 valence electrons. The zero-order valence-corrected chi connectivity index (χ0v) is 10.2. The van der Waals surface area contributed by atoms with Crippen LogP contribution in [0, 0.1) is 0 Å². The molecule has 1 nitrogen and oxygen atoms in total. The average Bonchev–Trinajstić information content (AvgIpc) is 2.01. The lowest BCUT2D eigenvalue weighted by Crippen LogP contribution is -2.09. The van der Waals surface area contributed by atoms with Crippen LogP contribution in [0.4, 0.5) is 13.2 Å². The maximum absolute atomic E-state index is 12.3. The van der Waals surface area contributed by atoms with Crippen molar-refractivity contribution in [1.29, 1.82) is 0 Å². The molecule has 0 radical (unpaired) electrons. The maximum Gasteiger partial charge on any atom is 0.416 e. The van der Waals surface area contributed by atoms with Gasteiger partial charge in [0.1, 0.15) is 0 Å². The van der Waals surface area contributed by atoms with E-state index >= 15 is 0 Å². The van der Waals surface area contributed by atoms with E-state index in [4.69, 9.17) is 5.73 Å². The summed E-state index contributed by atoms with van der Waals surface area (Å²) < 4.78 is 37.4. The molecule has 1 aromatic rings. The summed E-state index contributed by atoms with van der Waals surface area (Å²) in [6.45, 7) is 1.64.